The van der Waals surface area contributed by atoms with E-state index in [2.05, 4.69) is 5.32 Å². The molecule has 0 aliphatic carbocycles. The number of carbonyl (C=O) groups is 3. The van der Waals surface area contributed by atoms with Crippen LogP contribution in [0.4, 0.5) is 10.1 Å². The molecule has 1 aliphatic rings. The molecule has 3 amide bonds. The molecule has 3 N–H and O–H groups in total. The van der Waals surface area contributed by atoms with Crippen LogP contribution in [-0.4, -0.2) is 54.8 Å². The third kappa shape index (κ3) is 4.19. The Hall–Kier alpha value is -2.48. The summed E-state index contributed by atoms with van der Waals surface area (Å²) < 4.78 is 13.9. The van der Waals surface area contributed by atoms with Crippen LogP contribution in [0.3, 0.4) is 0 Å². The summed E-state index contributed by atoms with van der Waals surface area (Å²) in [5, 5.41) is 2.49. The second-order valence-electron chi connectivity index (χ2n) is 6.74. The lowest BCUT2D eigenvalue weighted by Gasteiger charge is -2.25. The number of nitrogens with two attached hydrogens (primary N) is 1. The van der Waals surface area contributed by atoms with Crippen LogP contribution in [0.2, 0.25) is 0 Å². The average Bonchev–Trinajstić information content (AvgIpc) is 2.99. The fourth-order valence-corrected chi connectivity index (χ4v) is 2.82. The normalized spacial score (nSPS) is 18.2. The van der Waals surface area contributed by atoms with E-state index in [1.807, 2.05) is 13.8 Å². The molecule has 8 heteroatoms. The number of para-hydroxylation sites is 1. The minimum absolute atomic E-state index is 0.0476. The monoisotopic (exact) mass is 364 g/mol. The van der Waals surface area contributed by atoms with Crippen molar-refractivity contribution in [2.45, 2.75) is 32.4 Å². The van der Waals surface area contributed by atoms with E-state index in [0.29, 0.717) is 13.0 Å². The molecule has 7 nitrogen and oxygen atoms in total. The van der Waals surface area contributed by atoms with Crippen LogP contribution in [-0.2, 0) is 14.4 Å². The van der Waals surface area contributed by atoms with Gasteiger partial charge in [-0.3, -0.25) is 14.4 Å². The van der Waals surface area contributed by atoms with Crippen LogP contribution in [0.15, 0.2) is 24.3 Å². The molecular weight excluding hydrogens is 339 g/mol. The Morgan fingerprint density at radius 2 is 2.04 bits per heavy atom. The van der Waals surface area contributed by atoms with Gasteiger partial charge in [-0.05, 0) is 24.5 Å². The highest BCUT2D eigenvalue weighted by molar-refractivity contribution is 6.01. The second kappa shape index (κ2) is 8.27. The first kappa shape index (κ1) is 19.8. The number of rotatable bonds is 6. The molecular formula is C18H25FN4O3. The number of carbonyl (C=O) groups excluding carboxylic acids is 3. The van der Waals surface area contributed by atoms with Crippen molar-refractivity contribution in [3.8, 4) is 0 Å². The van der Waals surface area contributed by atoms with E-state index in [1.165, 1.54) is 29.0 Å². The lowest BCUT2D eigenvalue weighted by Crippen LogP contribution is -2.50. The second-order valence-corrected chi connectivity index (χ2v) is 6.74. The fraction of sp³-hybridized carbons (Fsp3) is 0.500. The first-order valence-electron chi connectivity index (χ1n) is 8.59. The number of nitrogens with one attached hydrogen (secondary N) is 1. The largest absolute Gasteiger partial charge is 0.346 e. The Morgan fingerprint density at radius 3 is 2.65 bits per heavy atom. The van der Waals surface area contributed by atoms with Crippen LogP contribution in [0.5, 0.6) is 0 Å². The summed E-state index contributed by atoms with van der Waals surface area (Å²) in [6, 6.07) is 4.65. The molecule has 2 atom stereocenters. The van der Waals surface area contributed by atoms with Gasteiger partial charge in [-0.1, -0.05) is 26.0 Å². The predicted octanol–water partition coefficient (Wildman–Crippen LogP) is 0.489. The van der Waals surface area contributed by atoms with Crippen LogP contribution in [0.25, 0.3) is 0 Å². The van der Waals surface area contributed by atoms with E-state index in [1.54, 1.807) is 12.1 Å². The average molecular weight is 364 g/mol. The number of hydrogen-bond donors (Lipinski definition) is 2. The van der Waals surface area contributed by atoms with Gasteiger partial charge >= 0.3 is 0 Å². The highest BCUT2D eigenvalue weighted by Gasteiger charge is 2.38. The fourth-order valence-electron chi connectivity index (χ4n) is 2.82. The molecule has 1 aliphatic heterocycles. The van der Waals surface area contributed by atoms with Gasteiger partial charge in [-0.2, -0.15) is 0 Å². The van der Waals surface area contributed by atoms with E-state index < -0.39 is 29.7 Å². The number of anilines is 1. The van der Waals surface area contributed by atoms with Gasteiger partial charge in [0.05, 0.1) is 18.3 Å². The number of amides is 3. The van der Waals surface area contributed by atoms with Crippen molar-refractivity contribution >= 4 is 23.4 Å². The SMILES string of the molecule is CC(C)[C@H](N)C(=O)NCC(=O)N(C)C1CCN(c2ccccc2F)C1=O. The van der Waals surface area contributed by atoms with Crippen molar-refractivity contribution in [2.75, 3.05) is 25.0 Å². The zero-order chi connectivity index (χ0) is 19.4. The molecule has 1 aromatic rings. The molecule has 1 heterocycles. The maximum Gasteiger partial charge on any atom is 0.249 e. The molecule has 0 radical (unpaired) electrons. The van der Waals surface area contributed by atoms with Gasteiger partial charge in [-0.15, -0.1) is 0 Å². The van der Waals surface area contributed by atoms with Gasteiger partial charge in [0, 0.05) is 13.6 Å². The van der Waals surface area contributed by atoms with Crippen LogP contribution >= 0.6 is 0 Å². The van der Waals surface area contributed by atoms with Crippen molar-refractivity contribution < 1.29 is 18.8 Å². The van der Waals surface area contributed by atoms with E-state index in [0.717, 1.165) is 0 Å². The number of halogens is 1. The zero-order valence-electron chi connectivity index (χ0n) is 15.2. The first-order chi connectivity index (χ1) is 12.2. The van der Waals surface area contributed by atoms with Gasteiger partial charge in [0.15, 0.2) is 0 Å². The summed E-state index contributed by atoms with van der Waals surface area (Å²) in [4.78, 5) is 39.4. The first-order valence-corrected chi connectivity index (χ1v) is 8.59. The quantitative estimate of drug-likeness (QED) is 0.768. The number of benzene rings is 1. The molecule has 0 aromatic heterocycles. The van der Waals surface area contributed by atoms with E-state index in [-0.39, 0.29) is 24.1 Å². The van der Waals surface area contributed by atoms with Crippen molar-refractivity contribution in [2.24, 2.45) is 11.7 Å². The van der Waals surface area contributed by atoms with Crippen LogP contribution in [0, 0.1) is 11.7 Å². The van der Waals surface area contributed by atoms with Gasteiger partial charge in [0.1, 0.15) is 11.9 Å². The topological polar surface area (TPSA) is 95.7 Å². The third-order valence-electron chi connectivity index (χ3n) is 4.62. The molecule has 26 heavy (non-hydrogen) atoms. The molecule has 0 spiro atoms. The van der Waals surface area contributed by atoms with Gasteiger partial charge in [-0.25, -0.2) is 4.39 Å². The maximum absolute atomic E-state index is 13.9. The van der Waals surface area contributed by atoms with Crippen molar-refractivity contribution in [1.29, 1.82) is 0 Å². The number of nitrogens with zero attached hydrogens (tertiary/aromatic N) is 2. The molecule has 1 fully saturated rings. The lowest BCUT2D eigenvalue weighted by atomic mass is 10.1. The Balaban J connectivity index is 1.96. The molecule has 0 bridgehead atoms. The predicted molar refractivity (Wildman–Crippen MR) is 95.8 cm³/mol. The van der Waals surface area contributed by atoms with Gasteiger partial charge in [0.25, 0.3) is 0 Å². The van der Waals surface area contributed by atoms with E-state index >= 15 is 0 Å². The van der Waals surface area contributed by atoms with E-state index in [9.17, 15) is 18.8 Å². The molecule has 142 valence electrons. The smallest absolute Gasteiger partial charge is 0.249 e. The summed E-state index contributed by atoms with van der Waals surface area (Å²) in [7, 11) is 1.50. The Kier molecular flexibility index (Phi) is 6.31. The molecule has 1 saturated heterocycles. The summed E-state index contributed by atoms with van der Waals surface area (Å²) in [5.74, 6) is -1.68. The maximum atomic E-state index is 13.9. The lowest BCUT2D eigenvalue weighted by molar-refractivity contribution is -0.137. The summed E-state index contributed by atoms with van der Waals surface area (Å²) in [6.45, 7) is 3.71. The molecule has 2 rings (SSSR count). The van der Waals surface area contributed by atoms with Gasteiger partial charge < -0.3 is 20.9 Å². The molecule has 1 unspecified atom stereocenters. The minimum Gasteiger partial charge on any atom is -0.346 e. The summed E-state index contributed by atoms with van der Waals surface area (Å²) in [6.07, 6.45) is 0.398. The Bertz CT molecular complexity index is 695. The highest BCUT2D eigenvalue weighted by atomic mass is 19.1. The Labute approximate surface area is 152 Å². The standard InChI is InChI=1S/C18H25FN4O3/c1-11(2)16(20)17(25)21-10-15(24)22(3)14-8-9-23(18(14)26)13-7-5-4-6-12(13)19/h4-7,11,14,16H,8-10,20H2,1-3H3,(H,21,25)/t14?,16-/m0/s1. The minimum atomic E-state index is -0.697. The van der Waals surface area contributed by atoms with Crippen LogP contribution < -0.4 is 16.0 Å². The number of likely N-dealkylation sites (N-methyl/N-ethyl adjacent to an activating group) is 1. The van der Waals surface area contributed by atoms with Gasteiger partial charge in [0.2, 0.25) is 17.7 Å². The van der Waals surface area contributed by atoms with Crippen molar-refractivity contribution in [3.63, 3.8) is 0 Å². The third-order valence-corrected chi connectivity index (χ3v) is 4.62. The van der Waals surface area contributed by atoms with Crippen molar-refractivity contribution in [3.05, 3.63) is 30.1 Å². The van der Waals surface area contributed by atoms with Crippen molar-refractivity contribution in [1.82, 2.24) is 10.2 Å². The molecule has 1 aromatic carbocycles. The highest BCUT2D eigenvalue weighted by Crippen LogP contribution is 2.26. The summed E-state index contributed by atoms with van der Waals surface area (Å²) in [5.41, 5.74) is 5.94. The van der Waals surface area contributed by atoms with E-state index in [4.69, 9.17) is 5.73 Å². The number of hydrogen-bond acceptors (Lipinski definition) is 4. The molecule has 0 saturated carbocycles. The Morgan fingerprint density at radius 1 is 1.38 bits per heavy atom. The zero-order valence-corrected chi connectivity index (χ0v) is 15.2. The van der Waals surface area contributed by atoms with Crippen LogP contribution in [0.1, 0.15) is 20.3 Å². The summed E-state index contributed by atoms with van der Waals surface area (Å²) >= 11 is 0.